The predicted octanol–water partition coefficient (Wildman–Crippen LogP) is 1.71. The fourth-order valence-electron chi connectivity index (χ4n) is 2.16. The molecule has 120 valence electrons. The zero-order valence-corrected chi connectivity index (χ0v) is 12.0. The van der Waals surface area contributed by atoms with Crippen molar-refractivity contribution in [2.45, 2.75) is 37.6 Å². The fraction of sp³-hybridized carbons (Fsp3) is 0.727. The van der Waals surface area contributed by atoms with Crippen LogP contribution in [0.4, 0.5) is 13.2 Å². The second-order valence-electron chi connectivity index (χ2n) is 4.92. The van der Waals surface area contributed by atoms with E-state index in [1.807, 2.05) is 0 Å². The lowest BCUT2D eigenvalue weighted by Gasteiger charge is -2.27. The largest absolute Gasteiger partial charge is 0.394 e. The number of alkyl halides is 3. The SMILES string of the molecule is CS(=O)(=O)OC1CCOC(c2cc(CC(F)(F)F)[nH]n2)C1. The molecule has 0 amide bonds. The van der Waals surface area contributed by atoms with Crippen molar-refractivity contribution in [3.8, 4) is 0 Å². The van der Waals surface area contributed by atoms with E-state index in [1.54, 1.807) is 0 Å². The highest BCUT2D eigenvalue weighted by Crippen LogP contribution is 2.30. The van der Waals surface area contributed by atoms with Crippen molar-refractivity contribution in [1.29, 1.82) is 0 Å². The zero-order chi connectivity index (χ0) is 15.7. The summed E-state index contributed by atoms with van der Waals surface area (Å²) in [5.41, 5.74) is 0.253. The first-order chi connectivity index (χ1) is 9.62. The van der Waals surface area contributed by atoms with Crippen molar-refractivity contribution in [3.05, 3.63) is 17.5 Å². The Morgan fingerprint density at radius 3 is 2.86 bits per heavy atom. The molecule has 0 aromatic carbocycles. The molecule has 1 fully saturated rings. The molecule has 2 atom stereocenters. The Balaban J connectivity index is 2.01. The second kappa shape index (κ2) is 5.93. The normalized spacial score (nSPS) is 24.2. The highest BCUT2D eigenvalue weighted by Gasteiger charge is 2.31. The van der Waals surface area contributed by atoms with Crippen molar-refractivity contribution in [2.24, 2.45) is 0 Å². The number of nitrogens with zero attached hydrogens (tertiary/aromatic N) is 1. The van der Waals surface area contributed by atoms with Gasteiger partial charge in [-0.3, -0.25) is 9.28 Å². The molecule has 1 saturated heterocycles. The molecule has 1 aromatic heterocycles. The van der Waals surface area contributed by atoms with Gasteiger partial charge in [-0.2, -0.15) is 26.7 Å². The molecule has 10 heteroatoms. The first-order valence-corrected chi connectivity index (χ1v) is 8.05. The predicted molar refractivity (Wildman–Crippen MR) is 66.0 cm³/mol. The number of hydrogen-bond donors (Lipinski definition) is 1. The Bertz CT molecular complexity index is 585. The van der Waals surface area contributed by atoms with Crippen molar-refractivity contribution < 1.29 is 30.5 Å². The Morgan fingerprint density at radius 1 is 1.52 bits per heavy atom. The van der Waals surface area contributed by atoms with E-state index in [1.165, 1.54) is 6.07 Å². The highest BCUT2D eigenvalue weighted by molar-refractivity contribution is 7.86. The fourth-order valence-corrected chi connectivity index (χ4v) is 2.83. The van der Waals surface area contributed by atoms with Gasteiger partial charge >= 0.3 is 6.18 Å². The molecule has 2 unspecified atom stereocenters. The summed E-state index contributed by atoms with van der Waals surface area (Å²) in [7, 11) is -3.58. The molecule has 0 spiro atoms. The van der Waals surface area contributed by atoms with E-state index < -0.39 is 34.9 Å². The minimum atomic E-state index is -4.32. The van der Waals surface area contributed by atoms with E-state index in [9.17, 15) is 21.6 Å². The Kier molecular flexibility index (Phi) is 4.59. The summed E-state index contributed by atoms with van der Waals surface area (Å²) in [6, 6.07) is 1.28. The molecule has 2 heterocycles. The second-order valence-corrected chi connectivity index (χ2v) is 6.52. The van der Waals surface area contributed by atoms with Crippen LogP contribution in [0.2, 0.25) is 0 Å². The van der Waals surface area contributed by atoms with Crippen LogP contribution in [0.3, 0.4) is 0 Å². The number of ether oxygens (including phenoxy) is 1. The van der Waals surface area contributed by atoms with Gasteiger partial charge in [0.15, 0.2) is 0 Å². The molecule has 1 N–H and O–H groups in total. The third kappa shape index (κ3) is 5.29. The van der Waals surface area contributed by atoms with Gasteiger partial charge in [0.05, 0.1) is 31.1 Å². The van der Waals surface area contributed by atoms with Crippen LogP contribution in [0.15, 0.2) is 6.07 Å². The van der Waals surface area contributed by atoms with Gasteiger partial charge in [0.25, 0.3) is 10.1 Å². The third-order valence-electron chi connectivity index (χ3n) is 2.92. The maximum absolute atomic E-state index is 12.3. The molecule has 2 rings (SSSR count). The third-order valence-corrected chi connectivity index (χ3v) is 3.54. The van der Waals surface area contributed by atoms with Crippen LogP contribution in [-0.4, -0.2) is 43.8 Å². The Labute approximate surface area is 119 Å². The molecule has 0 aliphatic carbocycles. The summed E-state index contributed by atoms with van der Waals surface area (Å²) < 4.78 is 69.3. The monoisotopic (exact) mass is 328 g/mol. The number of rotatable bonds is 4. The summed E-state index contributed by atoms with van der Waals surface area (Å²) in [5, 5.41) is 6.11. The lowest BCUT2D eigenvalue weighted by atomic mass is 10.0. The lowest BCUT2D eigenvalue weighted by molar-refractivity contribution is -0.127. The van der Waals surface area contributed by atoms with Gasteiger partial charge in [-0.15, -0.1) is 0 Å². The quantitative estimate of drug-likeness (QED) is 0.851. The van der Waals surface area contributed by atoms with Crippen molar-refractivity contribution in [3.63, 3.8) is 0 Å². The van der Waals surface area contributed by atoms with Crippen LogP contribution < -0.4 is 0 Å². The number of H-pyrrole nitrogens is 1. The van der Waals surface area contributed by atoms with Gasteiger partial charge in [-0.1, -0.05) is 0 Å². The minimum Gasteiger partial charge on any atom is -0.372 e. The molecule has 0 radical (unpaired) electrons. The van der Waals surface area contributed by atoms with E-state index in [0.717, 1.165) is 6.26 Å². The van der Waals surface area contributed by atoms with Gasteiger partial charge in [-0.25, -0.2) is 0 Å². The van der Waals surface area contributed by atoms with Crippen LogP contribution in [0.5, 0.6) is 0 Å². The van der Waals surface area contributed by atoms with E-state index in [0.29, 0.717) is 12.1 Å². The molecule has 21 heavy (non-hydrogen) atoms. The number of aromatic nitrogens is 2. The van der Waals surface area contributed by atoms with Crippen LogP contribution >= 0.6 is 0 Å². The summed E-state index contributed by atoms with van der Waals surface area (Å²) in [6.45, 7) is 0.256. The number of halogens is 3. The zero-order valence-electron chi connectivity index (χ0n) is 11.2. The van der Waals surface area contributed by atoms with E-state index in [2.05, 4.69) is 10.2 Å². The van der Waals surface area contributed by atoms with Crippen LogP contribution in [0.1, 0.15) is 30.3 Å². The molecule has 0 bridgehead atoms. The van der Waals surface area contributed by atoms with E-state index >= 15 is 0 Å². The molecule has 1 aliphatic heterocycles. The molecule has 1 aliphatic rings. The smallest absolute Gasteiger partial charge is 0.372 e. The van der Waals surface area contributed by atoms with Crippen LogP contribution in [0.25, 0.3) is 0 Å². The molecule has 6 nitrogen and oxygen atoms in total. The number of nitrogens with one attached hydrogen (secondary N) is 1. The summed E-state index contributed by atoms with van der Waals surface area (Å²) in [6.07, 6.45) is -4.97. The maximum atomic E-state index is 12.3. The van der Waals surface area contributed by atoms with Crippen molar-refractivity contribution >= 4 is 10.1 Å². The molecular formula is C11H15F3N2O4S. The molecule has 0 saturated carbocycles. The average Bonchev–Trinajstić information content (AvgIpc) is 2.73. The topological polar surface area (TPSA) is 81.3 Å². The first kappa shape index (κ1) is 16.2. The van der Waals surface area contributed by atoms with Crippen LogP contribution in [0, 0.1) is 0 Å². The lowest BCUT2D eigenvalue weighted by Crippen LogP contribution is -2.28. The Morgan fingerprint density at radius 2 is 2.24 bits per heavy atom. The van der Waals surface area contributed by atoms with E-state index in [4.69, 9.17) is 8.92 Å². The van der Waals surface area contributed by atoms with Gasteiger partial charge in [0.1, 0.15) is 6.10 Å². The average molecular weight is 328 g/mol. The van der Waals surface area contributed by atoms with Gasteiger partial charge < -0.3 is 4.74 Å². The molecular weight excluding hydrogens is 313 g/mol. The van der Waals surface area contributed by atoms with Crippen LogP contribution in [-0.2, 0) is 25.5 Å². The van der Waals surface area contributed by atoms with E-state index in [-0.39, 0.29) is 18.7 Å². The summed E-state index contributed by atoms with van der Waals surface area (Å²) >= 11 is 0. The van der Waals surface area contributed by atoms with Gasteiger partial charge in [0.2, 0.25) is 0 Å². The van der Waals surface area contributed by atoms with Crippen molar-refractivity contribution in [2.75, 3.05) is 12.9 Å². The standard InChI is InChI=1S/C11H15F3N2O4S/c1-21(17,18)20-8-2-3-19-10(5-8)9-4-7(15-16-9)6-11(12,13)14/h4,8,10H,2-3,5-6H2,1H3,(H,15,16). The first-order valence-electron chi connectivity index (χ1n) is 6.23. The van der Waals surface area contributed by atoms with Gasteiger partial charge in [0, 0.05) is 12.1 Å². The molecule has 1 aromatic rings. The summed E-state index contributed by atoms with van der Waals surface area (Å²) in [5.74, 6) is 0. The maximum Gasteiger partial charge on any atom is 0.394 e. The summed E-state index contributed by atoms with van der Waals surface area (Å²) in [4.78, 5) is 0. The van der Waals surface area contributed by atoms with Gasteiger partial charge in [-0.05, 0) is 12.5 Å². The van der Waals surface area contributed by atoms with Crippen molar-refractivity contribution in [1.82, 2.24) is 10.2 Å². The number of aromatic amines is 1. The highest BCUT2D eigenvalue weighted by atomic mass is 32.2. The number of hydrogen-bond acceptors (Lipinski definition) is 5. The minimum absolute atomic E-state index is 0.0627. The Hall–Kier alpha value is -1.13.